The quantitative estimate of drug-likeness (QED) is 0.838. The molecule has 0 aliphatic heterocycles. The van der Waals surface area contributed by atoms with E-state index in [1.807, 2.05) is 30.3 Å². The van der Waals surface area contributed by atoms with Crippen molar-refractivity contribution in [2.45, 2.75) is 57.2 Å². The van der Waals surface area contributed by atoms with E-state index >= 15 is 0 Å². The minimum Gasteiger partial charge on any atom is -0.325 e. The number of sulfonamides is 1. The number of benzene rings is 1. The summed E-state index contributed by atoms with van der Waals surface area (Å²) in [6.07, 6.45) is 4.42. The zero-order chi connectivity index (χ0) is 19.7. The van der Waals surface area contributed by atoms with Gasteiger partial charge in [0.2, 0.25) is 15.9 Å². The molecule has 0 saturated heterocycles. The molecule has 1 aliphatic rings. The van der Waals surface area contributed by atoms with E-state index in [0.29, 0.717) is 25.7 Å². The molecule has 0 radical (unpaired) electrons. The Balaban J connectivity index is 1.60. The molecule has 2 aromatic rings. The van der Waals surface area contributed by atoms with Gasteiger partial charge in [0.25, 0.3) is 0 Å². The Kier molecular flexibility index (Phi) is 5.53. The molecule has 1 fully saturated rings. The van der Waals surface area contributed by atoms with Crippen molar-refractivity contribution in [1.82, 2.24) is 9.71 Å². The van der Waals surface area contributed by atoms with Gasteiger partial charge in [0.05, 0.1) is 16.0 Å². The number of carbonyl (C=O) groups excluding carboxylic acids is 1. The van der Waals surface area contributed by atoms with Gasteiger partial charge in [-0.15, -0.1) is 0 Å². The molecule has 1 aromatic heterocycles. The predicted molar refractivity (Wildman–Crippen MR) is 108 cm³/mol. The van der Waals surface area contributed by atoms with Crippen molar-refractivity contribution in [2.24, 2.45) is 5.92 Å². The molecule has 1 saturated carbocycles. The highest BCUT2D eigenvalue weighted by molar-refractivity contribution is 7.90. The summed E-state index contributed by atoms with van der Waals surface area (Å²) in [7, 11) is -3.37. The maximum atomic E-state index is 12.7. The predicted octanol–water partition coefficient (Wildman–Crippen LogP) is 3.45. The molecular formula is C20H27N3O3S. The number of carbonyl (C=O) groups is 1. The maximum absolute atomic E-state index is 12.7. The first kappa shape index (κ1) is 19.8. The van der Waals surface area contributed by atoms with Crippen LogP contribution in [0.2, 0.25) is 0 Å². The smallest absolute Gasteiger partial charge is 0.227 e. The van der Waals surface area contributed by atoms with Crippen molar-refractivity contribution in [3.05, 3.63) is 36.5 Å². The summed E-state index contributed by atoms with van der Waals surface area (Å²) >= 11 is 0. The lowest BCUT2D eigenvalue weighted by atomic mass is 9.86. The molecule has 2 N–H and O–H groups in total. The summed E-state index contributed by atoms with van der Waals surface area (Å²) in [6.45, 7) is 5.06. The van der Waals surface area contributed by atoms with Crippen LogP contribution in [0, 0.1) is 5.92 Å². The summed E-state index contributed by atoms with van der Waals surface area (Å²) in [6, 6.07) is 9.37. The number of anilines is 1. The molecular weight excluding hydrogens is 362 g/mol. The van der Waals surface area contributed by atoms with Crippen LogP contribution in [-0.2, 0) is 14.8 Å². The number of hydrogen-bond donors (Lipinski definition) is 2. The van der Waals surface area contributed by atoms with Crippen LogP contribution in [0.5, 0.6) is 0 Å². The molecule has 0 atom stereocenters. The highest BCUT2D eigenvalue weighted by Crippen LogP contribution is 2.28. The third-order valence-electron chi connectivity index (χ3n) is 5.13. The monoisotopic (exact) mass is 389 g/mol. The molecule has 0 bridgehead atoms. The average molecular weight is 390 g/mol. The van der Waals surface area contributed by atoms with Crippen molar-refractivity contribution in [1.29, 1.82) is 0 Å². The highest BCUT2D eigenvalue weighted by Gasteiger charge is 2.34. The van der Waals surface area contributed by atoms with E-state index in [-0.39, 0.29) is 17.9 Å². The number of nitrogens with one attached hydrogen (secondary N) is 2. The number of nitrogens with zero attached hydrogens (tertiary/aromatic N) is 1. The third kappa shape index (κ3) is 4.47. The van der Waals surface area contributed by atoms with Crippen LogP contribution < -0.4 is 10.0 Å². The standard InChI is InChI=1S/C20H27N3O3S/c1-20(2,3)27(25,26)23-15-11-9-14(10-12-15)19(24)22-18-8-4-7-17-16(18)6-5-13-21-17/h4-8,13-15,23H,9-12H2,1-3H3,(H,22,24)/t14-,15-. The van der Waals surface area contributed by atoms with Gasteiger partial charge >= 0.3 is 0 Å². The fourth-order valence-electron chi connectivity index (χ4n) is 3.32. The second kappa shape index (κ2) is 7.56. The van der Waals surface area contributed by atoms with E-state index in [2.05, 4.69) is 15.0 Å². The van der Waals surface area contributed by atoms with E-state index in [9.17, 15) is 13.2 Å². The van der Waals surface area contributed by atoms with E-state index in [1.54, 1.807) is 27.0 Å². The van der Waals surface area contributed by atoms with Crippen LogP contribution in [-0.4, -0.2) is 30.1 Å². The Morgan fingerprint density at radius 2 is 1.78 bits per heavy atom. The number of rotatable bonds is 4. The minimum absolute atomic E-state index is 0.0107. The van der Waals surface area contributed by atoms with Gasteiger partial charge in [0.15, 0.2) is 0 Å². The van der Waals surface area contributed by atoms with Crippen LogP contribution >= 0.6 is 0 Å². The Morgan fingerprint density at radius 1 is 1.07 bits per heavy atom. The van der Waals surface area contributed by atoms with Gasteiger partial charge in [-0.05, 0) is 70.7 Å². The van der Waals surface area contributed by atoms with Gasteiger partial charge in [0.1, 0.15) is 0 Å². The van der Waals surface area contributed by atoms with E-state index < -0.39 is 14.8 Å². The fraction of sp³-hybridized carbons (Fsp3) is 0.500. The van der Waals surface area contributed by atoms with E-state index in [1.165, 1.54) is 0 Å². The van der Waals surface area contributed by atoms with Gasteiger partial charge in [-0.3, -0.25) is 9.78 Å². The molecule has 27 heavy (non-hydrogen) atoms. The minimum atomic E-state index is -3.37. The van der Waals surface area contributed by atoms with Gasteiger partial charge in [-0.1, -0.05) is 6.07 Å². The largest absolute Gasteiger partial charge is 0.325 e. The summed E-state index contributed by atoms with van der Waals surface area (Å²) < 4.78 is 26.6. The molecule has 1 aromatic carbocycles. The van der Waals surface area contributed by atoms with Crippen molar-refractivity contribution in [3.8, 4) is 0 Å². The molecule has 1 aliphatic carbocycles. The lowest BCUT2D eigenvalue weighted by Crippen LogP contribution is -2.46. The van der Waals surface area contributed by atoms with Crippen molar-refractivity contribution < 1.29 is 13.2 Å². The molecule has 1 amide bonds. The van der Waals surface area contributed by atoms with Crippen LogP contribution in [0.1, 0.15) is 46.5 Å². The zero-order valence-electron chi connectivity index (χ0n) is 16.0. The lowest BCUT2D eigenvalue weighted by molar-refractivity contribution is -0.120. The number of fused-ring (bicyclic) bond motifs is 1. The number of pyridine rings is 1. The first-order valence-electron chi connectivity index (χ1n) is 9.34. The van der Waals surface area contributed by atoms with Gasteiger partial charge in [-0.2, -0.15) is 0 Å². The second-order valence-electron chi connectivity index (χ2n) is 8.15. The highest BCUT2D eigenvalue weighted by atomic mass is 32.2. The Labute approximate surface area is 160 Å². The normalized spacial score (nSPS) is 21.1. The van der Waals surface area contributed by atoms with Gasteiger partial charge in [-0.25, -0.2) is 13.1 Å². The molecule has 0 unspecified atom stereocenters. The van der Waals surface area contributed by atoms with E-state index in [4.69, 9.17) is 0 Å². The molecule has 146 valence electrons. The average Bonchev–Trinajstić information content (AvgIpc) is 2.61. The SMILES string of the molecule is CC(C)(C)S(=O)(=O)N[C@H]1CC[C@H](C(=O)Nc2cccc3ncccc23)CC1. The van der Waals surface area contributed by atoms with Crippen LogP contribution in [0.3, 0.4) is 0 Å². The summed E-state index contributed by atoms with van der Waals surface area (Å²) in [5.74, 6) is -0.115. The number of hydrogen-bond acceptors (Lipinski definition) is 4. The van der Waals surface area contributed by atoms with Crippen LogP contribution in [0.4, 0.5) is 5.69 Å². The Bertz CT molecular complexity index is 922. The molecule has 6 nitrogen and oxygen atoms in total. The molecule has 3 rings (SSSR count). The first-order valence-corrected chi connectivity index (χ1v) is 10.8. The summed E-state index contributed by atoms with van der Waals surface area (Å²) in [5.41, 5.74) is 1.61. The first-order chi connectivity index (χ1) is 12.7. The fourth-order valence-corrected chi connectivity index (χ4v) is 4.34. The van der Waals surface area contributed by atoms with Gasteiger partial charge < -0.3 is 5.32 Å². The Hall–Kier alpha value is -1.99. The second-order valence-corrected chi connectivity index (χ2v) is 10.6. The third-order valence-corrected chi connectivity index (χ3v) is 7.39. The zero-order valence-corrected chi connectivity index (χ0v) is 16.8. The van der Waals surface area contributed by atoms with E-state index in [0.717, 1.165) is 16.6 Å². The summed E-state index contributed by atoms with van der Waals surface area (Å²) in [5, 5.41) is 3.94. The van der Waals surface area contributed by atoms with Crippen LogP contribution in [0.15, 0.2) is 36.5 Å². The molecule has 1 heterocycles. The van der Waals surface area contributed by atoms with Crippen molar-refractivity contribution in [3.63, 3.8) is 0 Å². The molecule has 7 heteroatoms. The summed E-state index contributed by atoms with van der Waals surface area (Å²) in [4.78, 5) is 17.0. The van der Waals surface area contributed by atoms with Crippen molar-refractivity contribution in [2.75, 3.05) is 5.32 Å². The molecule has 0 spiro atoms. The number of amides is 1. The van der Waals surface area contributed by atoms with Crippen molar-refractivity contribution >= 4 is 32.5 Å². The van der Waals surface area contributed by atoms with Gasteiger partial charge in [0, 0.05) is 23.5 Å². The number of aromatic nitrogens is 1. The topological polar surface area (TPSA) is 88.2 Å². The van der Waals surface area contributed by atoms with Crippen LogP contribution in [0.25, 0.3) is 10.9 Å². The Morgan fingerprint density at radius 3 is 2.44 bits per heavy atom. The lowest BCUT2D eigenvalue weighted by Gasteiger charge is -2.30. The maximum Gasteiger partial charge on any atom is 0.227 e.